The van der Waals surface area contributed by atoms with E-state index in [9.17, 15) is 5.26 Å². The molecule has 0 bridgehead atoms. The first-order chi connectivity index (χ1) is 18.6. The van der Waals surface area contributed by atoms with E-state index in [-0.39, 0.29) is 0 Å². The van der Waals surface area contributed by atoms with E-state index in [1.54, 1.807) is 6.20 Å². The minimum atomic E-state index is 0.510. The molecule has 0 aliphatic rings. The molecule has 5 aromatic rings. The molecular weight excluding hydrogens is 468 g/mol. The highest BCUT2D eigenvalue weighted by Crippen LogP contribution is 2.32. The second-order valence-electron chi connectivity index (χ2n) is 9.28. The fourth-order valence-corrected chi connectivity index (χ4v) is 4.52. The highest BCUT2D eigenvalue weighted by molar-refractivity contribution is 5.90. The van der Waals surface area contributed by atoms with Gasteiger partial charge in [0.05, 0.1) is 11.3 Å². The third-order valence-electron chi connectivity index (χ3n) is 6.73. The number of aromatic amines is 1. The predicted molar refractivity (Wildman–Crippen MR) is 155 cm³/mol. The number of aromatic nitrogens is 3. The lowest BCUT2D eigenvalue weighted by Crippen LogP contribution is -2.17. The van der Waals surface area contributed by atoms with Crippen molar-refractivity contribution in [2.45, 2.75) is 26.8 Å². The number of hydrogen-bond donors (Lipinski definition) is 3. The van der Waals surface area contributed by atoms with Crippen molar-refractivity contribution in [1.82, 2.24) is 20.3 Å². The third kappa shape index (κ3) is 5.64. The summed E-state index contributed by atoms with van der Waals surface area (Å²) in [5.41, 5.74) is 9.63. The normalized spacial score (nSPS) is 11.2. The number of nitrogens with one attached hydrogen (secondary N) is 3. The van der Waals surface area contributed by atoms with Crippen LogP contribution >= 0.6 is 0 Å². The van der Waals surface area contributed by atoms with Gasteiger partial charge in [-0.3, -0.25) is 9.97 Å². The van der Waals surface area contributed by atoms with Crippen LogP contribution in [0.4, 0.5) is 11.4 Å². The standard InChI is InChI=1S/C32H30N6/c1-22-28-15-18-36-31(28)13-12-30(22)38-32-26(19-33)21-37-23(2)29(32)11-10-24-6-8-25(9-7-24)20-34-17-14-27-5-3-4-16-35-27/h3-13,15-16,18,21,34,36H,14,17,20H2,1-2H3,(H,37,38)/b11-10+. The molecule has 2 aromatic carbocycles. The van der Waals surface area contributed by atoms with Crippen LogP contribution in [0.1, 0.15) is 39.2 Å². The minimum Gasteiger partial charge on any atom is -0.361 e. The van der Waals surface area contributed by atoms with Crippen LogP contribution in [0.3, 0.4) is 0 Å². The Balaban J connectivity index is 1.30. The van der Waals surface area contributed by atoms with Crippen molar-refractivity contribution in [2.24, 2.45) is 0 Å². The van der Waals surface area contributed by atoms with Crippen LogP contribution < -0.4 is 10.6 Å². The van der Waals surface area contributed by atoms with Crippen molar-refractivity contribution in [3.63, 3.8) is 0 Å². The van der Waals surface area contributed by atoms with Crippen LogP contribution in [0.5, 0.6) is 0 Å². The second-order valence-corrected chi connectivity index (χ2v) is 9.28. The molecule has 0 spiro atoms. The summed E-state index contributed by atoms with van der Waals surface area (Å²) >= 11 is 0. The summed E-state index contributed by atoms with van der Waals surface area (Å²) in [6, 6.07) is 23.0. The summed E-state index contributed by atoms with van der Waals surface area (Å²) in [5, 5.41) is 18.0. The quantitative estimate of drug-likeness (QED) is 0.197. The minimum absolute atomic E-state index is 0.510. The Bertz CT molecular complexity index is 1610. The molecule has 3 N–H and O–H groups in total. The van der Waals surface area contributed by atoms with Gasteiger partial charge in [0.25, 0.3) is 0 Å². The summed E-state index contributed by atoms with van der Waals surface area (Å²) in [6.07, 6.45) is 10.4. The molecule has 0 fully saturated rings. The van der Waals surface area contributed by atoms with Gasteiger partial charge in [0.2, 0.25) is 0 Å². The van der Waals surface area contributed by atoms with Gasteiger partial charge < -0.3 is 15.6 Å². The Labute approximate surface area is 223 Å². The van der Waals surface area contributed by atoms with Crippen LogP contribution in [0.15, 0.2) is 79.3 Å². The SMILES string of the molecule is Cc1ncc(C#N)c(Nc2ccc3[nH]ccc3c2C)c1/C=C/c1ccc(CNCCc2ccccn2)cc1. The van der Waals surface area contributed by atoms with Crippen LogP contribution in [0, 0.1) is 25.2 Å². The Kier molecular flexibility index (Phi) is 7.58. The first-order valence-corrected chi connectivity index (χ1v) is 12.7. The fraction of sp³-hybridized carbons (Fsp3) is 0.156. The molecule has 3 heterocycles. The van der Waals surface area contributed by atoms with Gasteiger partial charge in [-0.05, 0) is 60.9 Å². The number of nitriles is 1. The maximum absolute atomic E-state index is 9.82. The Morgan fingerprint density at radius 3 is 2.63 bits per heavy atom. The molecule has 5 rings (SSSR count). The number of benzene rings is 2. The monoisotopic (exact) mass is 498 g/mol. The Hall–Kier alpha value is -4.73. The lowest BCUT2D eigenvalue weighted by Gasteiger charge is -2.16. The fourth-order valence-electron chi connectivity index (χ4n) is 4.52. The molecule has 0 aliphatic heterocycles. The number of nitrogens with zero attached hydrogens (tertiary/aromatic N) is 3. The van der Waals surface area contributed by atoms with Crippen molar-refractivity contribution in [2.75, 3.05) is 11.9 Å². The van der Waals surface area contributed by atoms with Crippen LogP contribution in [0.25, 0.3) is 23.1 Å². The van der Waals surface area contributed by atoms with E-state index in [1.165, 1.54) is 5.56 Å². The molecular formula is C32H30N6. The molecule has 0 aliphatic carbocycles. The largest absolute Gasteiger partial charge is 0.361 e. The number of pyridine rings is 2. The van der Waals surface area contributed by atoms with Gasteiger partial charge >= 0.3 is 0 Å². The van der Waals surface area contributed by atoms with E-state index in [4.69, 9.17) is 0 Å². The molecule has 0 radical (unpaired) electrons. The first kappa shape index (κ1) is 24.9. The van der Waals surface area contributed by atoms with Gasteiger partial charge in [0.1, 0.15) is 6.07 Å². The molecule has 0 saturated carbocycles. The first-order valence-electron chi connectivity index (χ1n) is 12.7. The molecule has 188 valence electrons. The van der Waals surface area contributed by atoms with Gasteiger partial charge in [-0.2, -0.15) is 5.26 Å². The Morgan fingerprint density at radius 1 is 0.974 bits per heavy atom. The molecule has 3 aromatic heterocycles. The van der Waals surface area contributed by atoms with Crippen molar-refractivity contribution in [3.8, 4) is 6.07 Å². The summed E-state index contributed by atoms with van der Waals surface area (Å²) in [4.78, 5) is 12.1. The summed E-state index contributed by atoms with van der Waals surface area (Å²) in [5.74, 6) is 0. The summed E-state index contributed by atoms with van der Waals surface area (Å²) in [6.45, 7) is 5.74. The number of anilines is 2. The average Bonchev–Trinajstić information content (AvgIpc) is 3.43. The Morgan fingerprint density at radius 2 is 1.84 bits per heavy atom. The molecule has 38 heavy (non-hydrogen) atoms. The molecule has 0 unspecified atom stereocenters. The van der Waals surface area contributed by atoms with E-state index < -0.39 is 0 Å². The van der Waals surface area contributed by atoms with Gasteiger partial charge in [-0.25, -0.2) is 0 Å². The number of rotatable bonds is 9. The number of fused-ring (bicyclic) bond motifs is 1. The molecule has 0 amide bonds. The predicted octanol–water partition coefficient (Wildman–Crippen LogP) is 6.69. The van der Waals surface area contributed by atoms with Gasteiger partial charge in [-0.1, -0.05) is 42.5 Å². The van der Waals surface area contributed by atoms with E-state index in [0.717, 1.165) is 69.9 Å². The lowest BCUT2D eigenvalue weighted by molar-refractivity contribution is 0.680. The number of hydrogen-bond acceptors (Lipinski definition) is 5. The maximum Gasteiger partial charge on any atom is 0.103 e. The summed E-state index contributed by atoms with van der Waals surface area (Å²) in [7, 11) is 0. The van der Waals surface area contributed by atoms with E-state index in [0.29, 0.717) is 5.56 Å². The van der Waals surface area contributed by atoms with E-state index in [2.05, 4.69) is 87.1 Å². The number of aryl methyl sites for hydroxylation is 2. The highest BCUT2D eigenvalue weighted by Gasteiger charge is 2.13. The highest BCUT2D eigenvalue weighted by atomic mass is 14.9. The topological polar surface area (TPSA) is 89.4 Å². The van der Waals surface area contributed by atoms with E-state index in [1.807, 2.05) is 43.6 Å². The third-order valence-corrected chi connectivity index (χ3v) is 6.73. The van der Waals surface area contributed by atoms with Crippen molar-refractivity contribution < 1.29 is 0 Å². The van der Waals surface area contributed by atoms with Crippen molar-refractivity contribution in [3.05, 3.63) is 118 Å². The van der Waals surface area contributed by atoms with Crippen LogP contribution in [0.2, 0.25) is 0 Å². The van der Waals surface area contributed by atoms with Gasteiger partial charge in [0, 0.05) is 71.6 Å². The van der Waals surface area contributed by atoms with Gasteiger partial charge in [-0.15, -0.1) is 0 Å². The number of H-pyrrole nitrogens is 1. The lowest BCUT2D eigenvalue weighted by atomic mass is 10.0. The van der Waals surface area contributed by atoms with Gasteiger partial charge in [0.15, 0.2) is 0 Å². The van der Waals surface area contributed by atoms with Crippen LogP contribution in [-0.4, -0.2) is 21.5 Å². The van der Waals surface area contributed by atoms with E-state index >= 15 is 0 Å². The molecule has 0 saturated heterocycles. The second kappa shape index (κ2) is 11.5. The van der Waals surface area contributed by atoms with Crippen LogP contribution in [-0.2, 0) is 13.0 Å². The zero-order valence-electron chi connectivity index (χ0n) is 21.6. The molecule has 6 nitrogen and oxygen atoms in total. The zero-order chi connectivity index (χ0) is 26.3. The molecule has 6 heteroatoms. The summed E-state index contributed by atoms with van der Waals surface area (Å²) < 4.78 is 0. The van der Waals surface area contributed by atoms with Crippen molar-refractivity contribution in [1.29, 1.82) is 5.26 Å². The smallest absolute Gasteiger partial charge is 0.103 e. The molecule has 0 atom stereocenters. The zero-order valence-corrected chi connectivity index (χ0v) is 21.6. The maximum atomic E-state index is 9.82. The average molecular weight is 499 g/mol. The van der Waals surface area contributed by atoms with Crippen molar-refractivity contribution >= 4 is 34.4 Å².